The predicted molar refractivity (Wildman–Crippen MR) is 72.4 cm³/mol. The van der Waals surface area contributed by atoms with Crippen LogP contribution in [-0.4, -0.2) is 26.8 Å². The average molecular weight is 234 g/mol. The lowest BCUT2D eigenvalue weighted by Gasteiger charge is -2.28. The van der Waals surface area contributed by atoms with Crippen LogP contribution in [0.3, 0.4) is 0 Å². The summed E-state index contributed by atoms with van der Waals surface area (Å²) in [6, 6.07) is 6.25. The number of hydrogen-bond donors (Lipinski definition) is 1. The molecule has 1 aliphatic rings. The number of rotatable bonds is 3. The normalized spacial score (nSPS) is 17.1. The Kier molecular flexibility index (Phi) is 3.89. The summed E-state index contributed by atoms with van der Waals surface area (Å²) >= 11 is 0. The maximum atomic E-state index is 5.84. The summed E-state index contributed by atoms with van der Waals surface area (Å²) in [6.45, 7) is 4.99. The number of benzene rings is 1. The molecule has 0 atom stereocenters. The molecule has 0 bridgehead atoms. The highest BCUT2D eigenvalue weighted by molar-refractivity contribution is 5.57. The maximum Gasteiger partial charge on any atom is 0.0469 e. The van der Waals surface area contributed by atoms with Crippen molar-refractivity contribution in [2.45, 2.75) is 19.8 Å². The lowest BCUT2D eigenvalue weighted by molar-refractivity contribution is 0.0685. The Morgan fingerprint density at radius 1 is 1.35 bits per heavy atom. The van der Waals surface area contributed by atoms with Crippen LogP contribution < -0.4 is 10.6 Å². The Bertz CT molecular complexity index is 372. The first-order chi connectivity index (χ1) is 8.16. The van der Waals surface area contributed by atoms with E-state index in [1.165, 1.54) is 18.5 Å². The van der Waals surface area contributed by atoms with E-state index < -0.39 is 0 Å². The van der Waals surface area contributed by atoms with Crippen LogP contribution in [0.1, 0.15) is 18.4 Å². The zero-order valence-corrected chi connectivity index (χ0v) is 10.8. The third kappa shape index (κ3) is 3.13. The number of aryl methyl sites for hydroxylation is 1. The Hall–Kier alpha value is -1.22. The van der Waals surface area contributed by atoms with Crippen LogP contribution in [0.2, 0.25) is 0 Å². The van der Waals surface area contributed by atoms with E-state index in [1.807, 2.05) is 6.07 Å². The molecule has 3 nitrogen and oxygen atoms in total. The number of nitrogen functional groups attached to an aromatic ring is 1. The zero-order chi connectivity index (χ0) is 12.3. The van der Waals surface area contributed by atoms with Crippen molar-refractivity contribution in [2.75, 3.05) is 37.4 Å². The van der Waals surface area contributed by atoms with Crippen molar-refractivity contribution >= 4 is 11.4 Å². The summed E-state index contributed by atoms with van der Waals surface area (Å²) in [6.07, 6.45) is 2.36. The Balaban J connectivity index is 1.98. The van der Waals surface area contributed by atoms with Gasteiger partial charge in [-0.3, -0.25) is 0 Å². The van der Waals surface area contributed by atoms with Crippen molar-refractivity contribution in [3.8, 4) is 0 Å². The van der Waals surface area contributed by atoms with E-state index >= 15 is 0 Å². The molecule has 17 heavy (non-hydrogen) atoms. The molecule has 3 heteroatoms. The fraction of sp³-hybridized carbons (Fsp3) is 0.571. The molecule has 1 fully saturated rings. The van der Waals surface area contributed by atoms with Crippen LogP contribution in [0.4, 0.5) is 11.4 Å². The summed E-state index contributed by atoms with van der Waals surface area (Å²) in [5.41, 5.74) is 9.11. The van der Waals surface area contributed by atoms with Gasteiger partial charge in [0, 0.05) is 38.2 Å². The standard InChI is InChI=1S/C14H22N2O/c1-11-9-13(3-4-14(11)15)16(2)10-12-5-7-17-8-6-12/h3-4,9,12H,5-8,10,15H2,1-2H3. The molecule has 94 valence electrons. The average Bonchev–Trinajstić information content (AvgIpc) is 2.34. The van der Waals surface area contributed by atoms with Gasteiger partial charge < -0.3 is 15.4 Å². The summed E-state index contributed by atoms with van der Waals surface area (Å²) < 4.78 is 5.39. The third-order valence-electron chi connectivity index (χ3n) is 3.57. The SMILES string of the molecule is Cc1cc(N(C)CC2CCOCC2)ccc1N. The van der Waals surface area contributed by atoms with Crippen molar-refractivity contribution in [3.05, 3.63) is 23.8 Å². The summed E-state index contributed by atoms with van der Waals surface area (Å²) in [5, 5.41) is 0. The number of ether oxygens (including phenoxy) is 1. The molecule has 0 amide bonds. The first-order valence-electron chi connectivity index (χ1n) is 6.32. The van der Waals surface area contributed by atoms with E-state index in [1.54, 1.807) is 0 Å². The predicted octanol–water partition coefficient (Wildman–Crippen LogP) is 2.44. The van der Waals surface area contributed by atoms with Crippen molar-refractivity contribution in [3.63, 3.8) is 0 Å². The smallest absolute Gasteiger partial charge is 0.0469 e. The van der Waals surface area contributed by atoms with Gasteiger partial charge in [-0.15, -0.1) is 0 Å². The molecular formula is C14H22N2O. The van der Waals surface area contributed by atoms with Gasteiger partial charge in [-0.1, -0.05) is 0 Å². The molecule has 2 rings (SSSR count). The van der Waals surface area contributed by atoms with Gasteiger partial charge >= 0.3 is 0 Å². The van der Waals surface area contributed by atoms with Crippen molar-refractivity contribution in [1.82, 2.24) is 0 Å². The fourth-order valence-corrected chi connectivity index (χ4v) is 2.32. The maximum absolute atomic E-state index is 5.84. The zero-order valence-electron chi connectivity index (χ0n) is 10.8. The number of anilines is 2. The van der Waals surface area contributed by atoms with Crippen molar-refractivity contribution in [2.24, 2.45) is 5.92 Å². The molecule has 1 saturated heterocycles. The number of hydrogen-bond acceptors (Lipinski definition) is 3. The van der Waals surface area contributed by atoms with Crippen LogP contribution in [-0.2, 0) is 4.74 Å². The van der Waals surface area contributed by atoms with E-state index in [4.69, 9.17) is 10.5 Å². The highest BCUT2D eigenvalue weighted by atomic mass is 16.5. The molecular weight excluding hydrogens is 212 g/mol. The Labute approximate surface area is 104 Å². The molecule has 0 radical (unpaired) electrons. The van der Waals surface area contributed by atoms with Crippen molar-refractivity contribution in [1.29, 1.82) is 0 Å². The second kappa shape index (κ2) is 5.41. The molecule has 1 heterocycles. The van der Waals surface area contributed by atoms with E-state index in [0.717, 1.165) is 36.9 Å². The molecule has 1 aromatic rings. The Morgan fingerprint density at radius 2 is 2.06 bits per heavy atom. The second-order valence-electron chi connectivity index (χ2n) is 4.98. The van der Waals surface area contributed by atoms with Gasteiger partial charge in [-0.25, -0.2) is 0 Å². The van der Waals surface area contributed by atoms with Crippen LogP contribution >= 0.6 is 0 Å². The lowest BCUT2D eigenvalue weighted by atomic mass is 9.99. The molecule has 0 aromatic heterocycles. The summed E-state index contributed by atoms with van der Waals surface area (Å²) in [7, 11) is 2.15. The van der Waals surface area contributed by atoms with Crippen LogP contribution in [0.15, 0.2) is 18.2 Å². The minimum Gasteiger partial charge on any atom is -0.399 e. The molecule has 0 saturated carbocycles. The van der Waals surface area contributed by atoms with Gasteiger partial charge in [-0.2, -0.15) is 0 Å². The monoisotopic (exact) mass is 234 g/mol. The fourth-order valence-electron chi connectivity index (χ4n) is 2.32. The lowest BCUT2D eigenvalue weighted by Crippen LogP contribution is -2.29. The van der Waals surface area contributed by atoms with Gasteiger partial charge in [0.1, 0.15) is 0 Å². The summed E-state index contributed by atoms with van der Waals surface area (Å²) in [5.74, 6) is 0.756. The van der Waals surface area contributed by atoms with Gasteiger partial charge in [0.15, 0.2) is 0 Å². The molecule has 0 spiro atoms. The van der Waals surface area contributed by atoms with Crippen LogP contribution in [0.5, 0.6) is 0 Å². The molecule has 0 aliphatic carbocycles. The second-order valence-corrected chi connectivity index (χ2v) is 4.98. The minimum absolute atomic E-state index is 0.756. The van der Waals surface area contributed by atoms with E-state index in [0.29, 0.717) is 0 Å². The topological polar surface area (TPSA) is 38.5 Å². The summed E-state index contributed by atoms with van der Waals surface area (Å²) in [4.78, 5) is 2.32. The third-order valence-corrected chi connectivity index (χ3v) is 3.57. The van der Waals surface area contributed by atoms with E-state index in [9.17, 15) is 0 Å². The number of nitrogens with zero attached hydrogens (tertiary/aromatic N) is 1. The van der Waals surface area contributed by atoms with Gasteiger partial charge in [0.05, 0.1) is 0 Å². The van der Waals surface area contributed by atoms with Crippen LogP contribution in [0, 0.1) is 12.8 Å². The van der Waals surface area contributed by atoms with E-state index in [2.05, 4.69) is 31.0 Å². The van der Waals surface area contributed by atoms with Gasteiger partial charge in [0.2, 0.25) is 0 Å². The molecule has 1 aliphatic heterocycles. The quantitative estimate of drug-likeness (QED) is 0.816. The highest BCUT2D eigenvalue weighted by Gasteiger charge is 2.16. The molecule has 2 N–H and O–H groups in total. The van der Waals surface area contributed by atoms with Gasteiger partial charge in [0.25, 0.3) is 0 Å². The van der Waals surface area contributed by atoms with Crippen molar-refractivity contribution < 1.29 is 4.74 Å². The first kappa shape index (κ1) is 12.2. The number of nitrogens with two attached hydrogens (primary N) is 1. The largest absolute Gasteiger partial charge is 0.399 e. The van der Waals surface area contributed by atoms with Gasteiger partial charge in [-0.05, 0) is 49.4 Å². The van der Waals surface area contributed by atoms with E-state index in [-0.39, 0.29) is 0 Å². The molecule has 0 unspecified atom stereocenters. The Morgan fingerprint density at radius 3 is 2.71 bits per heavy atom. The first-order valence-corrected chi connectivity index (χ1v) is 6.32. The molecule has 1 aromatic carbocycles. The van der Waals surface area contributed by atoms with Crippen LogP contribution in [0.25, 0.3) is 0 Å². The minimum atomic E-state index is 0.756. The highest BCUT2D eigenvalue weighted by Crippen LogP contribution is 2.22.